The molecule has 0 spiro atoms. The van der Waals surface area contributed by atoms with E-state index in [1.807, 2.05) is 30.3 Å². The highest BCUT2D eigenvalue weighted by Gasteiger charge is 2.04. The standard InChI is InChI=1S/C19H25NO2/c1-3-14-22-19-11-7-5-9-17(19)15-20-13-12-16-8-4-6-10-18(16)21-2/h4-11,20H,3,12-15H2,1-2H3. The van der Waals surface area contributed by atoms with Gasteiger partial charge in [0.05, 0.1) is 13.7 Å². The first-order chi connectivity index (χ1) is 10.8. The molecule has 1 N–H and O–H groups in total. The monoisotopic (exact) mass is 299 g/mol. The van der Waals surface area contributed by atoms with E-state index in [4.69, 9.17) is 9.47 Å². The fraction of sp³-hybridized carbons (Fsp3) is 0.368. The van der Waals surface area contributed by atoms with Crippen LogP contribution >= 0.6 is 0 Å². The van der Waals surface area contributed by atoms with Crippen molar-refractivity contribution in [1.29, 1.82) is 0 Å². The molecule has 0 amide bonds. The predicted molar refractivity (Wildman–Crippen MR) is 90.6 cm³/mol. The van der Waals surface area contributed by atoms with E-state index in [9.17, 15) is 0 Å². The normalized spacial score (nSPS) is 10.5. The van der Waals surface area contributed by atoms with E-state index in [1.54, 1.807) is 7.11 Å². The van der Waals surface area contributed by atoms with Crippen LogP contribution in [0.15, 0.2) is 48.5 Å². The largest absolute Gasteiger partial charge is 0.496 e. The summed E-state index contributed by atoms with van der Waals surface area (Å²) in [6, 6.07) is 16.4. The third kappa shape index (κ3) is 4.78. The number of para-hydroxylation sites is 2. The van der Waals surface area contributed by atoms with E-state index in [0.717, 1.165) is 44.0 Å². The molecule has 118 valence electrons. The minimum absolute atomic E-state index is 0.762. The average molecular weight is 299 g/mol. The van der Waals surface area contributed by atoms with Gasteiger partial charge in [0.25, 0.3) is 0 Å². The van der Waals surface area contributed by atoms with Gasteiger partial charge in [0, 0.05) is 12.1 Å². The zero-order valence-electron chi connectivity index (χ0n) is 13.5. The van der Waals surface area contributed by atoms with Gasteiger partial charge in [-0.1, -0.05) is 43.3 Å². The van der Waals surface area contributed by atoms with Crippen molar-refractivity contribution in [3.8, 4) is 11.5 Å². The third-order valence-electron chi connectivity index (χ3n) is 3.51. The van der Waals surface area contributed by atoms with Crippen molar-refractivity contribution in [2.45, 2.75) is 26.3 Å². The Kier molecular flexibility index (Phi) is 6.78. The first-order valence-electron chi connectivity index (χ1n) is 7.88. The van der Waals surface area contributed by atoms with Crippen molar-refractivity contribution in [2.24, 2.45) is 0 Å². The van der Waals surface area contributed by atoms with Crippen molar-refractivity contribution in [3.05, 3.63) is 59.7 Å². The minimum Gasteiger partial charge on any atom is -0.496 e. The van der Waals surface area contributed by atoms with E-state index in [0.29, 0.717) is 0 Å². The lowest BCUT2D eigenvalue weighted by atomic mass is 10.1. The van der Waals surface area contributed by atoms with Crippen molar-refractivity contribution >= 4 is 0 Å². The Hall–Kier alpha value is -2.00. The molecule has 0 atom stereocenters. The second-order valence-electron chi connectivity index (χ2n) is 5.19. The summed E-state index contributed by atoms with van der Waals surface area (Å²) in [5.41, 5.74) is 2.43. The average Bonchev–Trinajstić information content (AvgIpc) is 2.58. The maximum atomic E-state index is 5.78. The zero-order chi connectivity index (χ0) is 15.6. The van der Waals surface area contributed by atoms with Gasteiger partial charge in [-0.2, -0.15) is 0 Å². The Labute approximate surface area is 133 Å². The highest BCUT2D eigenvalue weighted by Crippen LogP contribution is 2.19. The number of hydrogen-bond donors (Lipinski definition) is 1. The fourth-order valence-corrected chi connectivity index (χ4v) is 2.36. The molecule has 0 heterocycles. The molecule has 0 saturated carbocycles. The maximum Gasteiger partial charge on any atom is 0.123 e. The highest BCUT2D eigenvalue weighted by atomic mass is 16.5. The lowest BCUT2D eigenvalue weighted by Crippen LogP contribution is -2.17. The van der Waals surface area contributed by atoms with Crippen LogP contribution in [0.5, 0.6) is 11.5 Å². The SMILES string of the molecule is CCCOc1ccccc1CNCCc1ccccc1OC. The summed E-state index contributed by atoms with van der Waals surface area (Å²) in [5.74, 6) is 1.94. The van der Waals surface area contributed by atoms with Crippen LogP contribution in [0, 0.1) is 0 Å². The number of hydrogen-bond acceptors (Lipinski definition) is 3. The van der Waals surface area contributed by atoms with Gasteiger partial charge < -0.3 is 14.8 Å². The summed E-state index contributed by atoms with van der Waals surface area (Å²) < 4.78 is 11.2. The first kappa shape index (κ1) is 16.4. The highest BCUT2D eigenvalue weighted by molar-refractivity contribution is 5.34. The van der Waals surface area contributed by atoms with Crippen molar-refractivity contribution < 1.29 is 9.47 Å². The van der Waals surface area contributed by atoms with Gasteiger partial charge in [-0.3, -0.25) is 0 Å². The Morgan fingerprint density at radius 1 is 0.909 bits per heavy atom. The molecule has 0 aliphatic carbocycles. The zero-order valence-corrected chi connectivity index (χ0v) is 13.5. The van der Waals surface area contributed by atoms with E-state index in [2.05, 4.69) is 30.4 Å². The van der Waals surface area contributed by atoms with Gasteiger partial charge in [0.15, 0.2) is 0 Å². The van der Waals surface area contributed by atoms with Gasteiger partial charge in [0.2, 0.25) is 0 Å². The third-order valence-corrected chi connectivity index (χ3v) is 3.51. The van der Waals surface area contributed by atoms with Crippen LogP contribution in [0.4, 0.5) is 0 Å². The second kappa shape index (κ2) is 9.11. The second-order valence-corrected chi connectivity index (χ2v) is 5.19. The molecule has 0 aromatic heterocycles. The lowest BCUT2D eigenvalue weighted by molar-refractivity contribution is 0.313. The molecular weight excluding hydrogens is 274 g/mol. The van der Waals surface area contributed by atoms with Crippen LogP contribution in [0.25, 0.3) is 0 Å². The van der Waals surface area contributed by atoms with Crippen LogP contribution in [-0.2, 0) is 13.0 Å². The van der Waals surface area contributed by atoms with Gasteiger partial charge in [-0.25, -0.2) is 0 Å². The Morgan fingerprint density at radius 3 is 2.32 bits per heavy atom. The topological polar surface area (TPSA) is 30.5 Å². The number of ether oxygens (including phenoxy) is 2. The molecule has 0 fully saturated rings. The smallest absolute Gasteiger partial charge is 0.123 e. The maximum absolute atomic E-state index is 5.78. The van der Waals surface area contributed by atoms with Gasteiger partial charge in [-0.15, -0.1) is 0 Å². The van der Waals surface area contributed by atoms with E-state index in [1.165, 1.54) is 11.1 Å². The number of nitrogens with one attached hydrogen (secondary N) is 1. The molecule has 2 rings (SSSR count). The predicted octanol–water partition coefficient (Wildman–Crippen LogP) is 3.82. The summed E-state index contributed by atoms with van der Waals surface area (Å²) in [4.78, 5) is 0. The van der Waals surface area contributed by atoms with Crippen LogP contribution in [0.2, 0.25) is 0 Å². The van der Waals surface area contributed by atoms with Gasteiger partial charge >= 0.3 is 0 Å². The summed E-state index contributed by atoms with van der Waals surface area (Å²) >= 11 is 0. The minimum atomic E-state index is 0.762. The molecule has 0 aliphatic heterocycles. The Morgan fingerprint density at radius 2 is 1.59 bits per heavy atom. The molecule has 22 heavy (non-hydrogen) atoms. The summed E-state index contributed by atoms with van der Waals surface area (Å²) in [6.45, 7) is 4.60. The van der Waals surface area contributed by atoms with Gasteiger partial charge in [-0.05, 0) is 37.1 Å². The van der Waals surface area contributed by atoms with Crippen LogP contribution in [0.3, 0.4) is 0 Å². The van der Waals surface area contributed by atoms with Crippen molar-refractivity contribution in [3.63, 3.8) is 0 Å². The summed E-state index contributed by atoms with van der Waals surface area (Å²) in [6.07, 6.45) is 1.97. The molecule has 2 aromatic carbocycles. The quantitative estimate of drug-likeness (QED) is 0.714. The number of benzene rings is 2. The molecule has 0 bridgehead atoms. The van der Waals surface area contributed by atoms with E-state index < -0.39 is 0 Å². The molecule has 0 aliphatic rings. The Balaban J connectivity index is 1.84. The molecule has 3 nitrogen and oxygen atoms in total. The lowest BCUT2D eigenvalue weighted by Gasteiger charge is -2.12. The number of rotatable bonds is 9. The van der Waals surface area contributed by atoms with E-state index in [-0.39, 0.29) is 0 Å². The molecule has 2 aromatic rings. The Bertz CT molecular complexity index is 569. The first-order valence-corrected chi connectivity index (χ1v) is 7.88. The van der Waals surface area contributed by atoms with E-state index >= 15 is 0 Å². The molecule has 0 radical (unpaired) electrons. The number of methoxy groups -OCH3 is 1. The fourth-order valence-electron chi connectivity index (χ4n) is 2.36. The summed E-state index contributed by atoms with van der Waals surface area (Å²) in [5, 5.41) is 3.48. The van der Waals surface area contributed by atoms with Crippen LogP contribution in [-0.4, -0.2) is 20.3 Å². The molecule has 0 saturated heterocycles. The van der Waals surface area contributed by atoms with Gasteiger partial charge in [0.1, 0.15) is 11.5 Å². The molecule has 3 heteroatoms. The molecule has 0 unspecified atom stereocenters. The molecular formula is C19H25NO2. The van der Waals surface area contributed by atoms with Crippen LogP contribution in [0.1, 0.15) is 24.5 Å². The summed E-state index contributed by atoms with van der Waals surface area (Å²) in [7, 11) is 1.72. The van der Waals surface area contributed by atoms with Crippen LogP contribution < -0.4 is 14.8 Å². The van der Waals surface area contributed by atoms with Crippen molar-refractivity contribution in [2.75, 3.05) is 20.3 Å². The van der Waals surface area contributed by atoms with Crippen molar-refractivity contribution in [1.82, 2.24) is 5.32 Å².